The molecule has 0 saturated heterocycles. The van der Waals surface area contributed by atoms with Gasteiger partial charge in [-0.05, 0) is 25.8 Å². The van der Waals surface area contributed by atoms with Crippen LogP contribution in [0.5, 0.6) is 0 Å². The van der Waals surface area contributed by atoms with E-state index in [-0.39, 0.29) is 23.2 Å². The van der Waals surface area contributed by atoms with E-state index in [0.717, 1.165) is 4.57 Å². The quantitative estimate of drug-likeness (QED) is 0.804. The van der Waals surface area contributed by atoms with Crippen molar-refractivity contribution >= 4 is 11.1 Å². The summed E-state index contributed by atoms with van der Waals surface area (Å²) in [5, 5.41) is 8.02. The first-order chi connectivity index (χ1) is 8.41. The summed E-state index contributed by atoms with van der Waals surface area (Å²) in [4.78, 5) is 23.8. The normalized spacial score (nSPS) is 11.7. The molecule has 0 radical (unpaired) electrons. The van der Waals surface area contributed by atoms with E-state index in [2.05, 4.69) is 10.2 Å². The Morgan fingerprint density at radius 2 is 1.83 bits per heavy atom. The number of hydrogen-bond donors (Lipinski definition) is 0. The summed E-state index contributed by atoms with van der Waals surface area (Å²) in [5.74, 6) is -0.546. The van der Waals surface area contributed by atoms with Gasteiger partial charge < -0.3 is 4.42 Å². The smallest absolute Gasteiger partial charge is 0.388 e. The lowest BCUT2D eigenvalue weighted by molar-refractivity contribution is 0.419. The molecule has 0 fully saturated rings. The molecule has 2 heterocycles. The molecule has 0 amide bonds. The Bertz CT molecular complexity index is 698. The predicted octanol–water partition coefficient (Wildman–Crippen LogP) is 1.45. The van der Waals surface area contributed by atoms with Crippen LogP contribution in [0.1, 0.15) is 45.3 Å². The Hall–Kier alpha value is -1.98. The summed E-state index contributed by atoms with van der Waals surface area (Å²) in [6.07, 6.45) is 0. The maximum atomic E-state index is 12.2. The molecule has 6 nitrogen and oxygen atoms in total. The molecule has 2 aromatic heterocycles. The molecular formula is C12H15N3O3. The highest BCUT2D eigenvalue weighted by molar-refractivity contribution is 5.70. The molecule has 0 aliphatic rings. The molecule has 0 aliphatic heterocycles. The van der Waals surface area contributed by atoms with E-state index in [1.54, 1.807) is 19.9 Å². The Balaban J connectivity index is 2.86. The molecule has 0 bridgehead atoms. The second kappa shape index (κ2) is 4.36. The Morgan fingerprint density at radius 1 is 1.17 bits per heavy atom. The summed E-state index contributed by atoms with van der Waals surface area (Å²) in [6, 6.07) is 1.38. The molecule has 0 unspecified atom stereocenters. The van der Waals surface area contributed by atoms with Crippen LogP contribution in [0.3, 0.4) is 0 Å². The van der Waals surface area contributed by atoms with Gasteiger partial charge in [-0.2, -0.15) is 5.10 Å². The minimum Gasteiger partial charge on any atom is -0.388 e. The lowest BCUT2D eigenvalue weighted by atomic mass is 10.1. The number of nitrogens with zero attached hydrogens (tertiary/aromatic N) is 3. The fourth-order valence-corrected chi connectivity index (χ4v) is 1.70. The van der Waals surface area contributed by atoms with Crippen LogP contribution in [0.25, 0.3) is 11.1 Å². The van der Waals surface area contributed by atoms with E-state index in [0.29, 0.717) is 11.1 Å². The highest BCUT2D eigenvalue weighted by atomic mass is 16.4. The molecule has 96 valence electrons. The second-order valence-electron chi connectivity index (χ2n) is 4.78. The maximum Gasteiger partial charge on any atom is 0.423 e. The van der Waals surface area contributed by atoms with Gasteiger partial charge in [0, 0.05) is 6.04 Å². The monoisotopic (exact) mass is 249 g/mol. The van der Waals surface area contributed by atoms with E-state index >= 15 is 0 Å². The van der Waals surface area contributed by atoms with Crippen LogP contribution in [0.4, 0.5) is 0 Å². The Kier molecular flexibility index (Phi) is 3.02. The molecule has 2 rings (SSSR count). The standard InChI is InChI=1S/C12H15N3O3/c1-6(2)9-5-8-10(14-13-9)18-12(17)15(7(3)4)11(8)16/h5-7H,1-4H3. The molecule has 0 saturated carbocycles. The summed E-state index contributed by atoms with van der Waals surface area (Å²) < 4.78 is 6.08. The van der Waals surface area contributed by atoms with Crippen LogP contribution in [0.2, 0.25) is 0 Å². The van der Waals surface area contributed by atoms with Crippen LogP contribution < -0.4 is 11.3 Å². The van der Waals surface area contributed by atoms with Gasteiger partial charge in [0.2, 0.25) is 0 Å². The highest BCUT2D eigenvalue weighted by Gasteiger charge is 2.15. The van der Waals surface area contributed by atoms with E-state index < -0.39 is 5.76 Å². The van der Waals surface area contributed by atoms with Crippen LogP contribution in [-0.4, -0.2) is 14.8 Å². The lowest BCUT2D eigenvalue weighted by Gasteiger charge is -2.08. The van der Waals surface area contributed by atoms with Gasteiger partial charge in [-0.15, -0.1) is 5.10 Å². The molecule has 0 spiro atoms. The van der Waals surface area contributed by atoms with Gasteiger partial charge in [0.25, 0.3) is 11.3 Å². The molecule has 0 atom stereocenters. The first kappa shape index (κ1) is 12.5. The van der Waals surface area contributed by atoms with Crippen LogP contribution in [0.15, 0.2) is 20.1 Å². The zero-order valence-electron chi connectivity index (χ0n) is 10.8. The minimum absolute atomic E-state index is 0.00806. The third-order valence-corrected chi connectivity index (χ3v) is 2.72. The fraction of sp³-hybridized carbons (Fsp3) is 0.500. The summed E-state index contributed by atoms with van der Waals surface area (Å²) in [7, 11) is 0. The van der Waals surface area contributed by atoms with Gasteiger partial charge in [0.1, 0.15) is 5.39 Å². The van der Waals surface area contributed by atoms with E-state index in [9.17, 15) is 9.59 Å². The molecular weight excluding hydrogens is 234 g/mol. The molecule has 0 aromatic carbocycles. The number of fused-ring (bicyclic) bond motifs is 1. The van der Waals surface area contributed by atoms with Gasteiger partial charge in [-0.25, -0.2) is 9.36 Å². The van der Waals surface area contributed by atoms with Crippen molar-refractivity contribution in [1.29, 1.82) is 0 Å². The predicted molar refractivity (Wildman–Crippen MR) is 66.8 cm³/mol. The van der Waals surface area contributed by atoms with Crippen molar-refractivity contribution in [2.45, 2.75) is 39.7 Å². The summed E-state index contributed by atoms with van der Waals surface area (Å²) in [5.41, 5.74) is 0.308. The molecule has 6 heteroatoms. The van der Waals surface area contributed by atoms with Crippen LogP contribution in [-0.2, 0) is 0 Å². The third-order valence-electron chi connectivity index (χ3n) is 2.72. The first-order valence-corrected chi connectivity index (χ1v) is 5.84. The van der Waals surface area contributed by atoms with Crippen molar-refractivity contribution in [2.24, 2.45) is 0 Å². The fourth-order valence-electron chi connectivity index (χ4n) is 1.70. The van der Waals surface area contributed by atoms with Crippen molar-refractivity contribution in [3.05, 3.63) is 32.7 Å². The van der Waals surface area contributed by atoms with Crippen LogP contribution >= 0.6 is 0 Å². The van der Waals surface area contributed by atoms with Gasteiger partial charge in [-0.3, -0.25) is 4.79 Å². The maximum absolute atomic E-state index is 12.2. The second-order valence-corrected chi connectivity index (χ2v) is 4.78. The van der Waals surface area contributed by atoms with E-state index in [1.165, 1.54) is 0 Å². The summed E-state index contributed by atoms with van der Waals surface area (Å²) in [6.45, 7) is 7.41. The third kappa shape index (κ3) is 1.94. The number of aromatic nitrogens is 3. The van der Waals surface area contributed by atoms with Crippen molar-refractivity contribution in [3.8, 4) is 0 Å². The average molecular weight is 249 g/mol. The van der Waals surface area contributed by atoms with Gasteiger partial charge >= 0.3 is 5.76 Å². The van der Waals surface area contributed by atoms with Crippen LogP contribution in [0, 0.1) is 0 Å². The molecule has 0 aliphatic carbocycles. The van der Waals surface area contributed by atoms with Crippen molar-refractivity contribution in [3.63, 3.8) is 0 Å². The van der Waals surface area contributed by atoms with Crippen molar-refractivity contribution < 1.29 is 4.42 Å². The number of hydrogen-bond acceptors (Lipinski definition) is 5. The van der Waals surface area contributed by atoms with Crippen molar-refractivity contribution in [2.75, 3.05) is 0 Å². The Morgan fingerprint density at radius 3 is 2.39 bits per heavy atom. The molecule has 18 heavy (non-hydrogen) atoms. The highest BCUT2D eigenvalue weighted by Crippen LogP contribution is 2.13. The topological polar surface area (TPSA) is 78.0 Å². The zero-order valence-corrected chi connectivity index (χ0v) is 10.8. The Labute approximate surface area is 103 Å². The van der Waals surface area contributed by atoms with E-state index in [4.69, 9.17) is 4.42 Å². The summed E-state index contributed by atoms with van der Waals surface area (Å²) >= 11 is 0. The van der Waals surface area contributed by atoms with Gasteiger partial charge in [0.15, 0.2) is 0 Å². The lowest BCUT2D eigenvalue weighted by Crippen LogP contribution is -2.34. The number of rotatable bonds is 2. The zero-order chi connectivity index (χ0) is 13.4. The minimum atomic E-state index is -0.700. The van der Waals surface area contributed by atoms with Gasteiger partial charge in [0.05, 0.1) is 5.69 Å². The van der Waals surface area contributed by atoms with E-state index in [1.807, 2.05) is 13.8 Å². The SMILES string of the molecule is CC(C)c1cc2c(=O)n(C(C)C)c(=O)oc2nn1. The average Bonchev–Trinajstić information content (AvgIpc) is 2.27. The first-order valence-electron chi connectivity index (χ1n) is 5.84. The molecule has 0 N–H and O–H groups in total. The van der Waals surface area contributed by atoms with Gasteiger partial charge in [-0.1, -0.05) is 13.8 Å². The molecule has 2 aromatic rings. The largest absolute Gasteiger partial charge is 0.423 e. The van der Waals surface area contributed by atoms with Crippen molar-refractivity contribution in [1.82, 2.24) is 14.8 Å².